The quantitative estimate of drug-likeness (QED) is 0.194. The SMILES string of the molecule is Cc1cccc2[nH]cc(/C=N/Nc3ncnc4sc(Cc5ccc(C(=O)NCCO)cc5)cc34)c12. The molecule has 3 heterocycles. The summed E-state index contributed by atoms with van der Waals surface area (Å²) < 4.78 is 0. The highest BCUT2D eigenvalue weighted by Crippen LogP contribution is 2.30. The Labute approximate surface area is 205 Å². The molecule has 0 spiro atoms. The zero-order valence-electron chi connectivity index (χ0n) is 19.1. The highest BCUT2D eigenvalue weighted by molar-refractivity contribution is 7.18. The molecule has 2 aromatic carbocycles. The molecule has 176 valence electrons. The van der Waals surface area contributed by atoms with Gasteiger partial charge >= 0.3 is 0 Å². The first-order valence-corrected chi connectivity index (χ1v) is 12.0. The Morgan fingerprint density at radius 3 is 2.89 bits per heavy atom. The minimum Gasteiger partial charge on any atom is -0.395 e. The van der Waals surface area contributed by atoms with Crippen LogP contribution in [-0.2, 0) is 6.42 Å². The number of aliphatic hydroxyl groups is 1. The number of carbonyl (C=O) groups excluding carboxylic acids is 1. The smallest absolute Gasteiger partial charge is 0.251 e. The fourth-order valence-corrected chi connectivity index (χ4v) is 5.02. The van der Waals surface area contributed by atoms with E-state index in [9.17, 15) is 4.79 Å². The average Bonchev–Trinajstić information content (AvgIpc) is 3.48. The van der Waals surface area contributed by atoms with E-state index in [1.807, 2.05) is 30.5 Å². The van der Waals surface area contributed by atoms with E-state index in [2.05, 4.69) is 49.9 Å². The number of rotatable bonds is 8. The monoisotopic (exact) mass is 484 g/mol. The van der Waals surface area contributed by atoms with Gasteiger partial charge in [0.05, 0.1) is 18.2 Å². The molecule has 5 rings (SSSR count). The van der Waals surface area contributed by atoms with Crippen LogP contribution in [0.15, 0.2) is 66.2 Å². The van der Waals surface area contributed by atoms with Crippen molar-refractivity contribution in [3.63, 3.8) is 0 Å². The van der Waals surface area contributed by atoms with Gasteiger partial charge in [0.1, 0.15) is 11.2 Å². The number of nitrogens with one attached hydrogen (secondary N) is 3. The lowest BCUT2D eigenvalue weighted by molar-refractivity contribution is 0.0945. The van der Waals surface area contributed by atoms with Crippen LogP contribution in [0.3, 0.4) is 0 Å². The summed E-state index contributed by atoms with van der Waals surface area (Å²) in [6.07, 6.45) is 6.00. The van der Waals surface area contributed by atoms with Crippen LogP contribution in [0.25, 0.3) is 21.1 Å². The second-order valence-electron chi connectivity index (χ2n) is 8.12. The number of amides is 1. The second kappa shape index (κ2) is 10.0. The van der Waals surface area contributed by atoms with Crippen LogP contribution in [0, 0.1) is 6.92 Å². The molecule has 0 unspecified atom stereocenters. The Morgan fingerprint density at radius 2 is 2.06 bits per heavy atom. The lowest BCUT2D eigenvalue weighted by Crippen LogP contribution is -2.26. The van der Waals surface area contributed by atoms with E-state index in [4.69, 9.17) is 5.11 Å². The predicted molar refractivity (Wildman–Crippen MR) is 140 cm³/mol. The number of hydrogen-bond donors (Lipinski definition) is 4. The summed E-state index contributed by atoms with van der Waals surface area (Å²) in [7, 11) is 0. The maximum absolute atomic E-state index is 12.0. The van der Waals surface area contributed by atoms with E-state index in [1.165, 1.54) is 11.9 Å². The first-order valence-electron chi connectivity index (χ1n) is 11.2. The summed E-state index contributed by atoms with van der Waals surface area (Å²) in [6.45, 7) is 2.25. The molecule has 5 aromatic rings. The first kappa shape index (κ1) is 22.7. The molecule has 8 nitrogen and oxygen atoms in total. The van der Waals surface area contributed by atoms with Gasteiger partial charge in [0.15, 0.2) is 5.82 Å². The largest absolute Gasteiger partial charge is 0.395 e. The van der Waals surface area contributed by atoms with Gasteiger partial charge in [-0.15, -0.1) is 11.3 Å². The number of aromatic amines is 1. The van der Waals surface area contributed by atoms with E-state index in [0.29, 0.717) is 11.4 Å². The number of hydrazone groups is 1. The predicted octanol–water partition coefficient (Wildman–Crippen LogP) is 4.24. The number of aliphatic hydroxyl groups excluding tert-OH is 1. The number of H-pyrrole nitrogens is 1. The number of aromatic nitrogens is 3. The zero-order valence-corrected chi connectivity index (χ0v) is 19.9. The molecule has 9 heteroatoms. The summed E-state index contributed by atoms with van der Waals surface area (Å²) >= 11 is 1.61. The topological polar surface area (TPSA) is 115 Å². The number of hydrogen-bond acceptors (Lipinski definition) is 7. The van der Waals surface area contributed by atoms with Crippen molar-refractivity contribution >= 4 is 50.4 Å². The molecule has 0 radical (unpaired) electrons. The Bertz CT molecular complexity index is 1520. The Kier molecular flexibility index (Phi) is 6.51. The van der Waals surface area contributed by atoms with E-state index in [1.54, 1.807) is 29.7 Å². The molecule has 0 aliphatic heterocycles. The first-order chi connectivity index (χ1) is 17.1. The summed E-state index contributed by atoms with van der Waals surface area (Å²) in [4.78, 5) is 26.1. The number of benzene rings is 2. The van der Waals surface area contributed by atoms with Gasteiger partial charge in [-0.1, -0.05) is 24.3 Å². The lowest BCUT2D eigenvalue weighted by atomic mass is 10.1. The van der Waals surface area contributed by atoms with Crippen molar-refractivity contribution in [3.05, 3.63) is 88.2 Å². The zero-order chi connectivity index (χ0) is 24.2. The minimum atomic E-state index is -0.193. The lowest BCUT2D eigenvalue weighted by Gasteiger charge is -2.04. The fraction of sp³-hybridized carbons (Fsp3) is 0.154. The third kappa shape index (κ3) is 4.91. The third-order valence-corrected chi connectivity index (χ3v) is 6.73. The average molecular weight is 485 g/mol. The van der Waals surface area contributed by atoms with Crippen LogP contribution in [0.2, 0.25) is 0 Å². The molecular weight excluding hydrogens is 460 g/mol. The van der Waals surface area contributed by atoms with Gasteiger partial charge in [-0.3, -0.25) is 10.2 Å². The molecule has 0 aliphatic rings. The van der Waals surface area contributed by atoms with Crippen LogP contribution >= 0.6 is 11.3 Å². The third-order valence-electron chi connectivity index (χ3n) is 5.69. The van der Waals surface area contributed by atoms with Gasteiger partial charge in [0.25, 0.3) is 5.91 Å². The van der Waals surface area contributed by atoms with Crippen molar-refractivity contribution in [3.8, 4) is 0 Å². The van der Waals surface area contributed by atoms with Crippen LogP contribution in [0.1, 0.15) is 31.9 Å². The van der Waals surface area contributed by atoms with Crippen molar-refractivity contribution in [2.24, 2.45) is 5.10 Å². The Morgan fingerprint density at radius 1 is 1.20 bits per heavy atom. The van der Waals surface area contributed by atoms with E-state index in [-0.39, 0.29) is 19.1 Å². The molecule has 0 fully saturated rings. The van der Waals surface area contributed by atoms with Gasteiger partial charge in [0, 0.05) is 46.1 Å². The molecule has 0 aliphatic carbocycles. The number of anilines is 1. The normalized spacial score (nSPS) is 11.5. The van der Waals surface area contributed by atoms with Crippen molar-refractivity contribution in [1.82, 2.24) is 20.3 Å². The van der Waals surface area contributed by atoms with Crippen molar-refractivity contribution in [1.29, 1.82) is 0 Å². The minimum absolute atomic E-state index is 0.0799. The Balaban J connectivity index is 1.31. The summed E-state index contributed by atoms with van der Waals surface area (Å²) in [5.74, 6) is 0.461. The second-order valence-corrected chi connectivity index (χ2v) is 9.23. The molecular formula is C26H24N6O2S. The van der Waals surface area contributed by atoms with Crippen molar-refractivity contribution in [2.75, 3.05) is 18.6 Å². The number of thiophene rings is 1. The van der Waals surface area contributed by atoms with E-state index < -0.39 is 0 Å². The molecule has 3 aromatic heterocycles. The maximum atomic E-state index is 12.0. The number of fused-ring (bicyclic) bond motifs is 2. The van der Waals surface area contributed by atoms with Crippen LogP contribution in [0.5, 0.6) is 0 Å². The van der Waals surface area contributed by atoms with E-state index >= 15 is 0 Å². The Hall–Kier alpha value is -4.08. The van der Waals surface area contributed by atoms with E-state index in [0.717, 1.165) is 43.5 Å². The molecule has 0 saturated heterocycles. The van der Waals surface area contributed by atoms with Gasteiger partial charge in [-0.05, 0) is 42.3 Å². The molecule has 35 heavy (non-hydrogen) atoms. The number of nitrogens with zero attached hydrogens (tertiary/aromatic N) is 3. The van der Waals surface area contributed by atoms with Crippen LogP contribution in [0.4, 0.5) is 5.82 Å². The highest BCUT2D eigenvalue weighted by atomic mass is 32.1. The van der Waals surface area contributed by atoms with Crippen LogP contribution < -0.4 is 10.7 Å². The summed E-state index contributed by atoms with van der Waals surface area (Å²) in [5.41, 5.74) is 8.01. The molecule has 0 bridgehead atoms. The van der Waals surface area contributed by atoms with Crippen molar-refractivity contribution in [2.45, 2.75) is 13.3 Å². The molecule has 0 saturated carbocycles. The fourth-order valence-electron chi connectivity index (χ4n) is 3.99. The molecule has 0 atom stereocenters. The molecule has 1 amide bonds. The van der Waals surface area contributed by atoms with Gasteiger partial charge in [-0.2, -0.15) is 5.10 Å². The van der Waals surface area contributed by atoms with Gasteiger partial charge in [-0.25, -0.2) is 9.97 Å². The van der Waals surface area contributed by atoms with Crippen molar-refractivity contribution < 1.29 is 9.90 Å². The number of carbonyl (C=O) groups is 1. The summed E-state index contributed by atoms with van der Waals surface area (Å²) in [6, 6.07) is 15.7. The summed E-state index contributed by atoms with van der Waals surface area (Å²) in [5, 5.41) is 18.0. The maximum Gasteiger partial charge on any atom is 0.251 e. The number of aryl methyl sites for hydroxylation is 1. The van der Waals surface area contributed by atoms with Crippen LogP contribution in [-0.4, -0.2) is 45.3 Å². The standard InChI is InChI=1S/C26H24N6O2S/c1-16-3-2-4-22-23(16)19(13-28-22)14-31-32-24-21-12-20(35-26(21)30-15-29-24)11-17-5-7-18(8-6-17)25(34)27-9-10-33/h2-8,12-15,28,33H,9-11H2,1H3,(H,27,34)(H,29,30,32)/b31-14+. The van der Waals surface area contributed by atoms with Gasteiger partial charge < -0.3 is 15.4 Å². The van der Waals surface area contributed by atoms with Gasteiger partial charge in [0.2, 0.25) is 0 Å². The molecule has 4 N–H and O–H groups in total. The highest BCUT2D eigenvalue weighted by Gasteiger charge is 2.10.